The third-order valence-electron chi connectivity index (χ3n) is 3.24. The molecule has 0 bridgehead atoms. The molecule has 1 aromatic rings. The quantitative estimate of drug-likeness (QED) is 0.612. The monoisotopic (exact) mass is 202 g/mol. The van der Waals surface area contributed by atoms with E-state index < -0.39 is 0 Å². The average molecular weight is 203 g/mol. The van der Waals surface area contributed by atoms with E-state index in [4.69, 9.17) is 11.6 Å². The molecule has 0 N–H and O–H groups in total. The van der Waals surface area contributed by atoms with E-state index in [-0.39, 0.29) is 10.8 Å². The summed E-state index contributed by atoms with van der Waals surface area (Å²) < 4.78 is 0. The summed E-state index contributed by atoms with van der Waals surface area (Å²) >= 11 is 6.35. The van der Waals surface area contributed by atoms with Gasteiger partial charge in [0.2, 0.25) is 0 Å². The van der Waals surface area contributed by atoms with Gasteiger partial charge in [-0.05, 0) is 5.56 Å². The maximum atomic E-state index is 6.35. The highest BCUT2D eigenvalue weighted by Gasteiger charge is 2.61. The Morgan fingerprint density at radius 3 is 2.29 bits per heavy atom. The van der Waals surface area contributed by atoms with Crippen molar-refractivity contribution in [3.63, 3.8) is 0 Å². The summed E-state index contributed by atoms with van der Waals surface area (Å²) in [5, 5.41) is 0.236. The van der Waals surface area contributed by atoms with E-state index in [1.165, 1.54) is 5.56 Å². The molecule has 2 aliphatic carbocycles. The highest BCUT2D eigenvalue weighted by atomic mass is 35.5. The second kappa shape index (κ2) is 2.74. The zero-order valence-electron chi connectivity index (χ0n) is 7.73. The molecular formula is C13H11Cl. The number of hydrogen-bond acceptors (Lipinski definition) is 0. The number of halogens is 1. The van der Waals surface area contributed by atoms with Gasteiger partial charge in [-0.2, -0.15) is 0 Å². The van der Waals surface area contributed by atoms with E-state index in [2.05, 4.69) is 48.6 Å². The Morgan fingerprint density at radius 1 is 1.00 bits per heavy atom. The Morgan fingerprint density at radius 2 is 1.64 bits per heavy atom. The molecule has 1 aromatic carbocycles. The van der Waals surface area contributed by atoms with Crippen LogP contribution in [0.3, 0.4) is 0 Å². The van der Waals surface area contributed by atoms with Crippen molar-refractivity contribution in [2.24, 2.45) is 5.41 Å². The van der Waals surface area contributed by atoms with Gasteiger partial charge in [0.1, 0.15) is 0 Å². The summed E-state index contributed by atoms with van der Waals surface area (Å²) in [6.45, 7) is 0. The van der Waals surface area contributed by atoms with E-state index in [0.29, 0.717) is 5.92 Å². The van der Waals surface area contributed by atoms with Crippen LogP contribution in [0.15, 0.2) is 54.6 Å². The number of hydrogen-bond donors (Lipinski definition) is 0. The largest absolute Gasteiger partial charge is 0.121 e. The smallest absolute Gasteiger partial charge is 0.0548 e. The third-order valence-corrected chi connectivity index (χ3v) is 3.87. The zero-order chi connectivity index (χ0) is 9.60. The van der Waals surface area contributed by atoms with Crippen molar-refractivity contribution in [2.75, 3.05) is 0 Å². The predicted molar refractivity (Wildman–Crippen MR) is 59.5 cm³/mol. The molecule has 1 spiro atoms. The minimum atomic E-state index is 0.128. The van der Waals surface area contributed by atoms with Crippen molar-refractivity contribution in [3.8, 4) is 0 Å². The Balaban J connectivity index is 1.97. The lowest BCUT2D eigenvalue weighted by Crippen LogP contribution is -1.92. The van der Waals surface area contributed by atoms with Crippen LogP contribution in [0, 0.1) is 5.41 Å². The molecule has 0 aliphatic heterocycles. The Bertz CT molecular complexity index is 391. The molecule has 2 unspecified atom stereocenters. The second-order valence-corrected chi connectivity index (χ2v) is 4.48. The number of alkyl halides is 1. The van der Waals surface area contributed by atoms with Crippen LogP contribution in [-0.2, 0) is 0 Å². The summed E-state index contributed by atoms with van der Waals surface area (Å²) in [7, 11) is 0. The highest BCUT2D eigenvalue weighted by molar-refractivity contribution is 6.25. The van der Waals surface area contributed by atoms with Crippen LogP contribution in [-0.4, -0.2) is 5.38 Å². The van der Waals surface area contributed by atoms with E-state index in [1.54, 1.807) is 0 Å². The number of allylic oxidation sites excluding steroid dienone is 4. The molecular weight excluding hydrogens is 192 g/mol. The van der Waals surface area contributed by atoms with Crippen LogP contribution in [0.2, 0.25) is 0 Å². The van der Waals surface area contributed by atoms with Gasteiger partial charge in [-0.25, -0.2) is 0 Å². The summed E-state index contributed by atoms with van der Waals surface area (Å²) in [4.78, 5) is 0. The van der Waals surface area contributed by atoms with Gasteiger partial charge in [-0.3, -0.25) is 0 Å². The summed E-state index contributed by atoms with van der Waals surface area (Å²) in [5.41, 5.74) is 1.48. The molecule has 0 amide bonds. The SMILES string of the molecule is ClC1C(c2ccccc2)C12C=CC=C2. The maximum Gasteiger partial charge on any atom is 0.0548 e. The minimum Gasteiger partial charge on any atom is -0.121 e. The van der Waals surface area contributed by atoms with Crippen LogP contribution >= 0.6 is 11.6 Å². The number of rotatable bonds is 1. The molecule has 70 valence electrons. The summed E-state index contributed by atoms with van der Waals surface area (Å²) in [6.07, 6.45) is 8.64. The molecule has 1 fully saturated rings. The van der Waals surface area contributed by atoms with Crippen LogP contribution in [0.4, 0.5) is 0 Å². The summed E-state index contributed by atoms with van der Waals surface area (Å²) in [6, 6.07) is 10.5. The molecule has 1 saturated carbocycles. The lowest BCUT2D eigenvalue weighted by atomic mass is 10.0. The van der Waals surface area contributed by atoms with E-state index in [9.17, 15) is 0 Å². The topological polar surface area (TPSA) is 0 Å². The van der Waals surface area contributed by atoms with Crippen LogP contribution in [0.5, 0.6) is 0 Å². The molecule has 0 radical (unpaired) electrons. The Hall–Kier alpha value is -1.01. The predicted octanol–water partition coefficient (Wildman–Crippen LogP) is 3.50. The Kier molecular flexibility index (Phi) is 1.63. The molecule has 14 heavy (non-hydrogen) atoms. The van der Waals surface area contributed by atoms with E-state index in [1.807, 2.05) is 6.07 Å². The zero-order valence-corrected chi connectivity index (χ0v) is 8.48. The first-order valence-corrected chi connectivity index (χ1v) is 5.34. The van der Waals surface area contributed by atoms with Crippen LogP contribution in [0.1, 0.15) is 11.5 Å². The van der Waals surface area contributed by atoms with Crippen molar-refractivity contribution in [1.29, 1.82) is 0 Å². The molecule has 2 atom stereocenters. The van der Waals surface area contributed by atoms with Gasteiger partial charge in [0.15, 0.2) is 0 Å². The van der Waals surface area contributed by atoms with Crippen molar-refractivity contribution < 1.29 is 0 Å². The average Bonchev–Trinajstić information content (AvgIpc) is 2.64. The fraction of sp³-hybridized carbons (Fsp3) is 0.231. The third kappa shape index (κ3) is 0.949. The van der Waals surface area contributed by atoms with E-state index >= 15 is 0 Å². The minimum absolute atomic E-state index is 0.128. The van der Waals surface area contributed by atoms with E-state index in [0.717, 1.165) is 0 Å². The maximum absolute atomic E-state index is 6.35. The normalized spacial score (nSPS) is 31.2. The molecule has 3 rings (SSSR count). The first-order chi connectivity index (χ1) is 6.84. The van der Waals surface area contributed by atoms with Crippen molar-refractivity contribution >= 4 is 11.6 Å². The first kappa shape index (κ1) is 8.31. The fourth-order valence-electron chi connectivity index (χ4n) is 2.39. The number of benzene rings is 1. The van der Waals surface area contributed by atoms with Crippen molar-refractivity contribution in [3.05, 3.63) is 60.2 Å². The molecule has 0 saturated heterocycles. The molecule has 0 nitrogen and oxygen atoms in total. The molecule has 0 aromatic heterocycles. The second-order valence-electron chi connectivity index (χ2n) is 4.01. The van der Waals surface area contributed by atoms with Gasteiger partial charge < -0.3 is 0 Å². The Labute approximate surface area is 88.9 Å². The van der Waals surface area contributed by atoms with Gasteiger partial charge in [0.25, 0.3) is 0 Å². The van der Waals surface area contributed by atoms with Gasteiger partial charge in [0, 0.05) is 11.3 Å². The highest BCUT2D eigenvalue weighted by Crippen LogP contribution is 2.65. The van der Waals surface area contributed by atoms with Crippen LogP contribution < -0.4 is 0 Å². The van der Waals surface area contributed by atoms with Gasteiger partial charge in [-0.1, -0.05) is 54.6 Å². The van der Waals surface area contributed by atoms with Gasteiger partial charge in [0.05, 0.1) is 5.38 Å². The fourth-order valence-corrected chi connectivity index (χ4v) is 2.96. The molecule has 2 aliphatic rings. The lowest BCUT2D eigenvalue weighted by Gasteiger charge is -2.02. The standard InChI is InChI=1S/C13H11Cl/c14-12-11(10-6-2-1-3-7-10)13(12)8-4-5-9-13/h1-9,11-12H. The molecule has 0 heterocycles. The summed E-state index contributed by atoms with van der Waals surface area (Å²) in [5.74, 6) is 0.473. The van der Waals surface area contributed by atoms with Gasteiger partial charge in [-0.15, -0.1) is 11.6 Å². The van der Waals surface area contributed by atoms with Crippen molar-refractivity contribution in [2.45, 2.75) is 11.3 Å². The molecule has 1 heteroatoms. The lowest BCUT2D eigenvalue weighted by molar-refractivity contribution is 0.820. The van der Waals surface area contributed by atoms with Gasteiger partial charge >= 0.3 is 0 Å². The van der Waals surface area contributed by atoms with Crippen LogP contribution in [0.25, 0.3) is 0 Å². The van der Waals surface area contributed by atoms with Crippen molar-refractivity contribution in [1.82, 2.24) is 0 Å². The first-order valence-electron chi connectivity index (χ1n) is 4.91.